The van der Waals surface area contributed by atoms with Gasteiger partial charge in [0.2, 0.25) is 0 Å². The van der Waals surface area contributed by atoms with Gasteiger partial charge in [-0.1, -0.05) is 55.7 Å². The Bertz CT molecular complexity index is 1670. The van der Waals surface area contributed by atoms with Gasteiger partial charge in [-0.05, 0) is 50.1 Å². The Labute approximate surface area is 242 Å². The van der Waals surface area contributed by atoms with Crippen LogP contribution in [0.4, 0.5) is 5.13 Å². The average molecular weight is 573 g/mol. The van der Waals surface area contributed by atoms with Gasteiger partial charge >= 0.3 is 5.91 Å². The van der Waals surface area contributed by atoms with Gasteiger partial charge in [0.1, 0.15) is 17.1 Å². The molecule has 1 aromatic carbocycles. The van der Waals surface area contributed by atoms with Gasteiger partial charge in [-0.15, -0.1) is 0 Å². The first-order valence-electron chi connectivity index (χ1n) is 13.7. The van der Waals surface area contributed by atoms with Gasteiger partial charge in [0.15, 0.2) is 16.7 Å². The van der Waals surface area contributed by atoms with E-state index in [0.29, 0.717) is 45.5 Å². The second-order valence-corrected chi connectivity index (χ2v) is 11.1. The molecule has 1 fully saturated rings. The van der Waals surface area contributed by atoms with Crippen LogP contribution in [0.5, 0.6) is 5.75 Å². The highest BCUT2D eigenvalue weighted by atomic mass is 32.1. The number of fused-ring (bicyclic) bond motifs is 1. The van der Waals surface area contributed by atoms with E-state index in [0.717, 1.165) is 37.0 Å². The average Bonchev–Trinajstić information content (AvgIpc) is 3.59. The molecule has 4 aromatic rings. The van der Waals surface area contributed by atoms with Gasteiger partial charge in [-0.3, -0.25) is 23.7 Å². The van der Waals surface area contributed by atoms with Crippen LogP contribution in [-0.2, 0) is 9.59 Å². The molecule has 4 heterocycles. The molecule has 212 valence electrons. The summed E-state index contributed by atoms with van der Waals surface area (Å²) in [6, 6.07) is 11.6. The summed E-state index contributed by atoms with van der Waals surface area (Å²) >= 11 is 1.05. The summed E-state index contributed by atoms with van der Waals surface area (Å²) in [4.78, 5) is 50.1. The molecule has 1 N–H and O–H groups in total. The van der Waals surface area contributed by atoms with Crippen molar-refractivity contribution < 1.29 is 24.2 Å². The van der Waals surface area contributed by atoms with Crippen molar-refractivity contribution in [2.45, 2.75) is 59.4 Å². The number of carbonyl (C=O) groups excluding carboxylic acids is 3. The molecule has 1 atom stereocenters. The molecule has 0 spiro atoms. The minimum absolute atomic E-state index is 0.0748. The zero-order valence-corrected chi connectivity index (χ0v) is 24.3. The number of carbonyl (C=O) groups is 3. The highest BCUT2D eigenvalue weighted by Gasteiger charge is 2.48. The number of unbranched alkanes of at least 4 members (excludes halogenated alkanes) is 3. The molecule has 9 nitrogen and oxygen atoms in total. The zero-order chi connectivity index (χ0) is 29.3. The number of ether oxygens (including phenoxy) is 1. The minimum atomic E-state index is -0.979. The summed E-state index contributed by atoms with van der Waals surface area (Å²) in [5, 5.41) is 11.9. The fourth-order valence-electron chi connectivity index (χ4n) is 5.15. The molecule has 1 aliphatic rings. The molecule has 3 aromatic heterocycles. The van der Waals surface area contributed by atoms with Crippen LogP contribution in [0.3, 0.4) is 0 Å². The number of imidazole rings is 1. The van der Waals surface area contributed by atoms with E-state index in [1.165, 1.54) is 11.8 Å². The zero-order valence-electron chi connectivity index (χ0n) is 23.5. The Hall–Kier alpha value is -4.31. The van der Waals surface area contributed by atoms with Gasteiger partial charge < -0.3 is 9.84 Å². The normalized spacial score (nSPS) is 16.6. The number of anilines is 1. The molecule has 0 bridgehead atoms. The Kier molecular flexibility index (Phi) is 8.03. The van der Waals surface area contributed by atoms with Crippen LogP contribution < -0.4 is 9.64 Å². The van der Waals surface area contributed by atoms with Crippen LogP contribution in [0.25, 0.3) is 11.4 Å². The second-order valence-electron chi connectivity index (χ2n) is 10.1. The van der Waals surface area contributed by atoms with Crippen molar-refractivity contribution in [3.63, 3.8) is 0 Å². The molecule has 1 amide bonds. The highest BCUT2D eigenvalue weighted by molar-refractivity contribution is 7.18. The SMILES string of the molecule is CCCCCCOc1ccc(C2C(=C(O)c3c(C)nc4ccccn34)C(=O)C(=O)N2c2nc(C)c(C(C)=O)s2)cc1. The maximum atomic E-state index is 13.6. The number of ketones is 2. The van der Waals surface area contributed by atoms with E-state index < -0.39 is 17.7 Å². The number of hydrogen-bond donors (Lipinski definition) is 1. The van der Waals surface area contributed by atoms with E-state index in [1.807, 2.05) is 6.07 Å². The van der Waals surface area contributed by atoms with E-state index in [9.17, 15) is 19.5 Å². The van der Waals surface area contributed by atoms with E-state index >= 15 is 0 Å². The van der Waals surface area contributed by atoms with Crippen LogP contribution in [0.2, 0.25) is 0 Å². The number of aryl methyl sites for hydroxylation is 2. The number of amides is 1. The minimum Gasteiger partial charge on any atom is -0.505 e. The fraction of sp³-hybridized carbons (Fsp3) is 0.323. The van der Waals surface area contributed by atoms with Gasteiger partial charge in [-0.25, -0.2) is 9.97 Å². The standard InChI is InChI=1S/C31H32N4O5S/c1-5-6-7-10-17-40-22-14-12-21(13-15-22)26-24(27(37)25-18(2)32-23-11-8-9-16-34(23)25)28(38)30(39)35(26)31-33-19(3)29(41-31)20(4)36/h8-9,11-16,26,37H,5-7,10,17H2,1-4H3. The molecule has 1 saturated heterocycles. The summed E-state index contributed by atoms with van der Waals surface area (Å²) in [5.74, 6) is -1.51. The van der Waals surface area contributed by atoms with E-state index in [2.05, 4.69) is 16.9 Å². The molecule has 1 aliphatic heterocycles. The van der Waals surface area contributed by atoms with Gasteiger partial charge in [0.05, 0.1) is 34.5 Å². The first-order valence-corrected chi connectivity index (χ1v) is 14.5. The fourth-order valence-corrected chi connectivity index (χ4v) is 6.14. The van der Waals surface area contributed by atoms with Crippen LogP contribution >= 0.6 is 11.3 Å². The highest BCUT2D eigenvalue weighted by Crippen LogP contribution is 2.44. The lowest BCUT2D eigenvalue weighted by Crippen LogP contribution is -2.29. The summed E-state index contributed by atoms with van der Waals surface area (Å²) in [7, 11) is 0. The van der Waals surface area contributed by atoms with Crippen molar-refractivity contribution in [1.82, 2.24) is 14.4 Å². The summed E-state index contributed by atoms with van der Waals surface area (Å²) in [5.41, 5.74) is 2.42. The van der Waals surface area contributed by atoms with Gasteiger partial charge in [-0.2, -0.15) is 0 Å². The van der Waals surface area contributed by atoms with Crippen molar-refractivity contribution in [1.29, 1.82) is 0 Å². The van der Waals surface area contributed by atoms with Crippen LogP contribution in [-0.4, -0.2) is 43.6 Å². The molecule has 0 aliphatic carbocycles. The third-order valence-corrected chi connectivity index (χ3v) is 8.40. The van der Waals surface area contributed by atoms with E-state index in [4.69, 9.17) is 4.74 Å². The molecule has 10 heteroatoms. The predicted octanol–water partition coefficient (Wildman–Crippen LogP) is 6.20. The first kappa shape index (κ1) is 28.2. The maximum Gasteiger partial charge on any atom is 0.301 e. The summed E-state index contributed by atoms with van der Waals surface area (Å²) < 4.78 is 7.58. The number of Topliss-reactive ketones (excluding diaryl/α,β-unsaturated/α-hetero) is 2. The Balaban J connectivity index is 1.62. The number of aromatic nitrogens is 3. The number of nitrogens with zero attached hydrogens (tertiary/aromatic N) is 4. The number of aliphatic hydroxyl groups excluding tert-OH is 1. The van der Waals surface area contributed by atoms with Gasteiger partial charge in [0.25, 0.3) is 5.78 Å². The smallest absolute Gasteiger partial charge is 0.301 e. The predicted molar refractivity (Wildman–Crippen MR) is 158 cm³/mol. The molecular formula is C31H32N4O5S. The van der Waals surface area contributed by atoms with E-state index in [1.54, 1.807) is 60.8 Å². The Morgan fingerprint density at radius 2 is 1.78 bits per heavy atom. The van der Waals surface area contributed by atoms with E-state index in [-0.39, 0.29) is 22.2 Å². The Morgan fingerprint density at radius 3 is 2.46 bits per heavy atom. The third-order valence-electron chi connectivity index (χ3n) is 7.15. The second kappa shape index (κ2) is 11.7. The molecule has 0 radical (unpaired) electrons. The molecule has 5 rings (SSSR count). The number of aliphatic hydroxyl groups is 1. The number of pyridine rings is 1. The lowest BCUT2D eigenvalue weighted by molar-refractivity contribution is -0.132. The molecular weight excluding hydrogens is 540 g/mol. The van der Waals surface area contributed by atoms with Crippen molar-refractivity contribution >= 4 is 45.3 Å². The molecule has 1 unspecified atom stereocenters. The summed E-state index contributed by atoms with van der Waals surface area (Å²) in [6.07, 6.45) is 6.10. The number of rotatable bonds is 10. The first-order chi connectivity index (χ1) is 19.7. The number of thiazole rings is 1. The lowest BCUT2D eigenvalue weighted by atomic mass is 9.96. The largest absolute Gasteiger partial charge is 0.505 e. The van der Waals surface area contributed by atoms with Crippen LogP contribution in [0.15, 0.2) is 54.2 Å². The number of benzene rings is 1. The maximum absolute atomic E-state index is 13.6. The van der Waals surface area contributed by atoms with Gasteiger partial charge in [0, 0.05) is 13.1 Å². The Morgan fingerprint density at radius 1 is 1.02 bits per heavy atom. The third kappa shape index (κ3) is 5.27. The topological polar surface area (TPSA) is 114 Å². The van der Waals surface area contributed by atoms with Crippen LogP contribution in [0.1, 0.15) is 77.9 Å². The monoisotopic (exact) mass is 572 g/mol. The number of hydrogen-bond acceptors (Lipinski definition) is 8. The van der Waals surface area contributed by atoms with Crippen LogP contribution in [0, 0.1) is 13.8 Å². The lowest BCUT2D eigenvalue weighted by Gasteiger charge is -2.23. The van der Waals surface area contributed by atoms with Crippen molar-refractivity contribution in [3.05, 3.63) is 81.8 Å². The van der Waals surface area contributed by atoms with Crippen molar-refractivity contribution in [3.8, 4) is 5.75 Å². The molecule has 0 saturated carbocycles. The molecule has 41 heavy (non-hydrogen) atoms. The quantitative estimate of drug-likeness (QED) is 0.0792. The summed E-state index contributed by atoms with van der Waals surface area (Å²) in [6.45, 7) is 7.62. The van der Waals surface area contributed by atoms with Crippen molar-refractivity contribution in [2.75, 3.05) is 11.5 Å². The van der Waals surface area contributed by atoms with Crippen molar-refractivity contribution in [2.24, 2.45) is 0 Å².